The lowest BCUT2D eigenvalue weighted by Crippen LogP contribution is -2.15. The Balaban J connectivity index is 1.78. The summed E-state index contributed by atoms with van der Waals surface area (Å²) in [5.41, 5.74) is 3.98. The number of aromatic nitrogens is 1. The van der Waals surface area contributed by atoms with Crippen LogP contribution in [0.25, 0.3) is 17.3 Å². The zero-order chi connectivity index (χ0) is 18.4. The third kappa shape index (κ3) is 4.03. The maximum absolute atomic E-state index is 12.4. The van der Waals surface area contributed by atoms with E-state index >= 15 is 0 Å². The minimum absolute atomic E-state index is 0.0655. The summed E-state index contributed by atoms with van der Waals surface area (Å²) < 4.78 is 5.13. The van der Waals surface area contributed by atoms with Gasteiger partial charge in [-0.1, -0.05) is 53.7 Å². The maximum Gasteiger partial charge on any atom is 0.294 e. The van der Waals surface area contributed by atoms with Crippen LogP contribution in [0.15, 0.2) is 71.3 Å². The standard InChI is InChI=1S/C19H15N3O4/c23-18(21-25)11-10-14-8-4-5-9-15(14)20-19(24)17-12-16(22-26-17)13-6-2-1-3-7-13/h1-12,25H,(H,20,24)(H,21,23). The number of amides is 2. The Labute approximate surface area is 148 Å². The van der Waals surface area contributed by atoms with E-state index in [1.54, 1.807) is 30.3 Å². The Morgan fingerprint density at radius 2 is 1.77 bits per heavy atom. The van der Waals surface area contributed by atoms with E-state index in [1.165, 1.54) is 11.6 Å². The molecular formula is C19H15N3O4. The fraction of sp³-hybridized carbons (Fsp3) is 0. The van der Waals surface area contributed by atoms with Crippen LogP contribution in [0.5, 0.6) is 0 Å². The molecule has 3 rings (SSSR count). The van der Waals surface area contributed by atoms with Crippen LogP contribution in [0.2, 0.25) is 0 Å². The van der Waals surface area contributed by atoms with Gasteiger partial charge in [0.15, 0.2) is 0 Å². The number of nitrogens with zero attached hydrogens (tertiary/aromatic N) is 1. The summed E-state index contributed by atoms with van der Waals surface area (Å²) in [5, 5.41) is 15.2. The first kappa shape index (κ1) is 17.1. The lowest BCUT2D eigenvalue weighted by atomic mass is 10.1. The molecule has 1 aromatic heterocycles. The average molecular weight is 349 g/mol. The Kier molecular flexibility index (Phi) is 5.21. The number of hydrogen-bond donors (Lipinski definition) is 3. The van der Waals surface area contributed by atoms with Gasteiger partial charge in [0.2, 0.25) is 5.76 Å². The zero-order valence-corrected chi connectivity index (χ0v) is 13.5. The van der Waals surface area contributed by atoms with E-state index < -0.39 is 11.8 Å². The monoisotopic (exact) mass is 349 g/mol. The van der Waals surface area contributed by atoms with Gasteiger partial charge >= 0.3 is 0 Å². The number of nitrogens with one attached hydrogen (secondary N) is 2. The third-order valence-electron chi connectivity index (χ3n) is 3.54. The van der Waals surface area contributed by atoms with Crippen molar-refractivity contribution < 1.29 is 19.3 Å². The average Bonchev–Trinajstić information content (AvgIpc) is 3.18. The number of carbonyl (C=O) groups is 2. The van der Waals surface area contributed by atoms with Crippen molar-refractivity contribution in [2.75, 3.05) is 5.32 Å². The number of benzene rings is 2. The minimum Gasteiger partial charge on any atom is -0.350 e. The Hall–Kier alpha value is -3.71. The number of hydrogen-bond acceptors (Lipinski definition) is 5. The number of hydroxylamine groups is 1. The summed E-state index contributed by atoms with van der Waals surface area (Å²) in [5.74, 6) is -1.07. The van der Waals surface area contributed by atoms with Crippen LogP contribution >= 0.6 is 0 Å². The molecule has 1 heterocycles. The van der Waals surface area contributed by atoms with E-state index in [9.17, 15) is 9.59 Å². The summed E-state index contributed by atoms with van der Waals surface area (Å²) in [6.07, 6.45) is 2.61. The van der Waals surface area contributed by atoms with Crippen LogP contribution < -0.4 is 10.8 Å². The highest BCUT2D eigenvalue weighted by Crippen LogP contribution is 2.21. The maximum atomic E-state index is 12.4. The Morgan fingerprint density at radius 3 is 2.54 bits per heavy atom. The van der Waals surface area contributed by atoms with E-state index in [2.05, 4.69) is 10.5 Å². The quantitative estimate of drug-likeness (QED) is 0.373. The van der Waals surface area contributed by atoms with Gasteiger partial charge in [-0.2, -0.15) is 0 Å². The number of carbonyl (C=O) groups excluding carboxylic acids is 2. The summed E-state index contributed by atoms with van der Waals surface area (Å²) in [6, 6.07) is 17.8. The minimum atomic E-state index is -0.672. The molecular weight excluding hydrogens is 334 g/mol. The van der Waals surface area contributed by atoms with Gasteiger partial charge in [0, 0.05) is 23.4 Å². The second kappa shape index (κ2) is 7.91. The zero-order valence-electron chi connectivity index (χ0n) is 13.5. The Morgan fingerprint density at radius 1 is 1.04 bits per heavy atom. The highest BCUT2D eigenvalue weighted by atomic mass is 16.5. The molecule has 7 nitrogen and oxygen atoms in total. The van der Waals surface area contributed by atoms with Crippen molar-refractivity contribution in [2.24, 2.45) is 0 Å². The van der Waals surface area contributed by atoms with Gasteiger partial charge in [0.05, 0.1) is 0 Å². The smallest absolute Gasteiger partial charge is 0.294 e. The SMILES string of the molecule is O=C(C=Cc1ccccc1NC(=O)c1cc(-c2ccccc2)no1)NO. The van der Waals surface area contributed by atoms with Crippen LogP contribution in [0.4, 0.5) is 5.69 Å². The topological polar surface area (TPSA) is 104 Å². The van der Waals surface area contributed by atoms with Crippen LogP contribution in [-0.4, -0.2) is 22.2 Å². The summed E-state index contributed by atoms with van der Waals surface area (Å²) in [4.78, 5) is 23.5. The van der Waals surface area contributed by atoms with Crippen molar-refractivity contribution >= 4 is 23.6 Å². The molecule has 26 heavy (non-hydrogen) atoms. The fourth-order valence-corrected chi connectivity index (χ4v) is 2.27. The molecule has 0 aliphatic heterocycles. The lowest BCUT2D eigenvalue weighted by Gasteiger charge is -2.06. The van der Waals surface area contributed by atoms with E-state index in [-0.39, 0.29) is 5.76 Å². The molecule has 0 saturated carbocycles. The predicted octanol–water partition coefficient (Wildman–Crippen LogP) is 3.11. The second-order valence-corrected chi connectivity index (χ2v) is 5.29. The van der Waals surface area contributed by atoms with Crippen molar-refractivity contribution in [3.05, 3.63) is 78.1 Å². The van der Waals surface area contributed by atoms with Gasteiger partial charge in [-0.05, 0) is 17.7 Å². The molecule has 0 aliphatic carbocycles. The molecule has 3 aromatic rings. The van der Waals surface area contributed by atoms with Gasteiger partial charge in [0.1, 0.15) is 5.69 Å². The summed E-state index contributed by atoms with van der Waals surface area (Å²) in [7, 11) is 0. The molecule has 0 aliphatic rings. The van der Waals surface area contributed by atoms with Gasteiger partial charge in [-0.3, -0.25) is 14.8 Å². The molecule has 0 saturated heterocycles. The Bertz CT molecular complexity index is 948. The summed E-state index contributed by atoms with van der Waals surface area (Å²) in [6.45, 7) is 0. The molecule has 0 radical (unpaired) electrons. The number of anilines is 1. The summed E-state index contributed by atoms with van der Waals surface area (Å²) >= 11 is 0. The fourth-order valence-electron chi connectivity index (χ4n) is 2.27. The van der Waals surface area contributed by atoms with Crippen LogP contribution in [0.3, 0.4) is 0 Å². The highest BCUT2D eigenvalue weighted by Gasteiger charge is 2.15. The molecule has 2 amide bonds. The van der Waals surface area contributed by atoms with Gasteiger partial charge in [-0.15, -0.1) is 0 Å². The molecule has 0 atom stereocenters. The van der Waals surface area contributed by atoms with E-state index in [1.807, 2.05) is 30.3 Å². The van der Waals surface area contributed by atoms with E-state index in [0.29, 0.717) is 16.9 Å². The number of rotatable bonds is 5. The number of para-hydroxylation sites is 1. The first-order chi connectivity index (χ1) is 12.7. The van der Waals surface area contributed by atoms with Crippen LogP contribution in [-0.2, 0) is 4.79 Å². The van der Waals surface area contributed by atoms with Crippen LogP contribution in [0, 0.1) is 0 Å². The lowest BCUT2D eigenvalue weighted by molar-refractivity contribution is -0.124. The normalized spacial score (nSPS) is 10.7. The molecule has 0 unspecified atom stereocenters. The molecule has 3 N–H and O–H groups in total. The molecule has 0 spiro atoms. The van der Waals surface area contributed by atoms with Crippen molar-refractivity contribution in [2.45, 2.75) is 0 Å². The third-order valence-corrected chi connectivity index (χ3v) is 3.54. The van der Waals surface area contributed by atoms with Gasteiger partial charge < -0.3 is 9.84 Å². The first-order valence-electron chi connectivity index (χ1n) is 7.72. The predicted molar refractivity (Wildman–Crippen MR) is 95.3 cm³/mol. The highest BCUT2D eigenvalue weighted by molar-refractivity contribution is 6.04. The van der Waals surface area contributed by atoms with Crippen molar-refractivity contribution in [1.29, 1.82) is 0 Å². The van der Waals surface area contributed by atoms with Crippen LogP contribution in [0.1, 0.15) is 16.1 Å². The molecule has 2 aromatic carbocycles. The van der Waals surface area contributed by atoms with Crippen molar-refractivity contribution in [3.8, 4) is 11.3 Å². The molecule has 0 bridgehead atoms. The van der Waals surface area contributed by atoms with E-state index in [4.69, 9.17) is 9.73 Å². The second-order valence-electron chi connectivity index (χ2n) is 5.29. The first-order valence-corrected chi connectivity index (χ1v) is 7.72. The van der Waals surface area contributed by atoms with Gasteiger partial charge in [0.25, 0.3) is 11.8 Å². The molecule has 130 valence electrons. The van der Waals surface area contributed by atoms with Crippen molar-refractivity contribution in [1.82, 2.24) is 10.6 Å². The van der Waals surface area contributed by atoms with Crippen molar-refractivity contribution in [3.63, 3.8) is 0 Å². The largest absolute Gasteiger partial charge is 0.350 e. The van der Waals surface area contributed by atoms with E-state index in [0.717, 1.165) is 11.6 Å². The van der Waals surface area contributed by atoms with Gasteiger partial charge in [-0.25, -0.2) is 5.48 Å². The molecule has 7 heteroatoms. The molecule has 0 fully saturated rings.